The molecule has 1 aliphatic rings. The van der Waals surface area contributed by atoms with E-state index in [9.17, 15) is 4.79 Å². The van der Waals surface area contributed by atoms with Crippen LogP contribution in [0.4, 0.5) is 11.5 Å². The van der Waals surface area contributed by atoms with E-state index in [0.29, 0.717) is 12.0 Å². The van der Waals surface area contributed by atoms with Gasteiger partial charge in [0.05, 0.1) is 11.8 Å². The van der Waals surface area contributed by atoms with Crippen LogP contribution in [0, 0.1) is 13.0 Å². The first kappa shape index (κ1) is 20.2. The number of fused-ring (bicyclic) bond motifs is 1. The average Bonchev–Trinajstić information content (AvgIpc) is 3.35. The van der Waals surface area contributed by atoms with E-state index in [1.54, 1.807) is 0 Å². The third kappa shape index (κ3) is 4.47. The van der Waals surface area contributed by atoms with Crippen molar-refractivity contribution < 1.29 is 4.79 Å². The van der Waals surface area contributed by atoms with E-state index in [1.165, 1.54) is 12.8 Å². The topological polar surface area (TPSA) is 58.1 Å². The minimum atomic E-state index is -0.115. The Labute approximate surface area is 188 Å². The molecule has 5 rings (SSSR count). The standard InChI is InChI=1S/C27H25N4O/c1-19-16-26(31-14-4-5-15-31)30-25(28-19)17-20-8-12-24(13-9-20)29-27(32)23-11-10-21-6-2-3-7-22(21)18-23/h2-3,6-13,18H,4-5,14-15,17H2,1H3,(H,29,32). The van der Waals surface area contributed by atoms with Gasteiger partial charge in [0.1, 0.15) is 11.6 Å². The Hall–Kier alpha value is -3.73. The Morgan fingerprint density at radius 1 is 0.969 bits per heavy atom. The molecule has 2 heterocycles. The zero-order valence-electron chi connectivity index (χ0n) is 18.1. The normalized spacial score (nSPS) is 13.5. The highest BCUT2D eigenvalue weighted by molar-refractivity contribution is 6.06. The highest BCUT2D eigenvalue weighted by Crippen LogP contribution is 2.20. The van der Waals surface area contributed by atoms with Crippen LogP contribution in [0.25, 0.3) is 10.8 Å². The largest absolute Gasteiger partial charge is 0.356 e. The van der Waals surface area contributed by atoms with E-state index < -0.39 is 0 Å². The van der Waals surface area contributed by atoms with Gasteiger partial charge in [0, 0.05) is 30.8 Å². The van der Waals surface area contributed by atoms with Crippen LogP contribution in [-0.2, 0) is 6.42 Å². The van der Waals surface area contributed by atoms with Crippen LogP contribution < -0.4 is 10.2 Å². The van der Waals surface area contributed by atoms with E-state index in [-0.39, 0.29) is 5.91 Å². The molecule has 0 aliphatic carbocycles. The number of amides is 1. The highest BCUT2D eigenvalue weighted by Gasteiger charge is 2.15. The van der Waals surface area contributed by atoms with Gasteiger partial charge in [0.25, 0.3) is 5.91 Å². The summed E-state index contributed by atoms with van der Waals surface area (Å²) in [7, 11) is 0. The van der Waals surface area contributed by atoms with Crippen molar-refractivity contribution in [3.63, 3.8) is 0 Å². The second-order valence-corrected chi connectivity index (χ2v) is 8.26. The van der Waals surface area contributed by atoms with E-state index in [1.807, 2.05) is 73.7 Å². The second kappa shape index (κ2) is 8.79. The molecule has 1 amide bonds. The van der Waals surface area contributed by atoms with Crippen molar-refractivity contribution in [2.24, 2.45) is 0 Å². The molecule has 5 nitrogen and oxygen atoms in total. The number of carbonyl (C=O) groups is 1. The van der Waals surface area contributed by atoms with Gasteiger partial charge in [-0.25, -0.2) is 9.97 Å². The molecule has 0 saturated carbocycles. The molecular formula is C27H25N4O. The number of nitrogens with zero attached hydrogens (tertiary/aromatic N) is 3. The molecule has 159 valence electrons. The summed E-state index contributed by atoms with van der Waals surface area (Å²) in [5.74, 6) is 1.59. The van der Waals surface area contributed by atoms with Gasteiger partial charge in [-0.05, 0) is 60.4 Å². The fourth-order valence-corrected chi connectivity index (χ4v) is 4.14. The van der Waals surface area contributed by atoms with Crippen LogP contribution in [0.1, 0.15) is 40.3 Å². The summed E-state index contributed by atoms with van der Waals surface area (Å²) in [6.07, 6.45) is 3.06. The summed E-state index contributed by atoms with van der Waals surface area (Å²) in [5, 5.41) is 5.16. The summed E-state index contributed by atoms with van der Waals surface area (Å²) < 4.78 is 0. The fourth-order valence-electron chi connectivity index (χ4n) is 4.14. The molecule has 1 aromatic heterocycles. The SMILES string of the molecule is Cc1[c]c(N2CCCC2)nc(Cc2ccc(NC(=O)c3ccc4ccccc4c3)cc2)n1. The van der Waals surface area contributed by atoms with Crippen molar-refractivity contribution in [3.8, 4) is 0 Å². The lowest BCUT2D eigenvalue weighted by molar-refractivity contribution is 0.102. The van der Waals surface area contributed by atoms with Gasteiger partial charge < -0.3 is 10.2 Å². The average molecular weight is 422 g/mol. The zero-order valence-corrected chi connectivity index (χ0v) is 18.1. The predicted molar refractivity (Wildman–Crippen MR) is 128 cm³/mol. The quantitative estimate of drug-likeness (QED) is 0.482. The van der Waals surface area contributed by atoms with Crippen molar-refractivity contribution in [2.45, 2.75) is 26.2 Å². The van der Waals surface area contributed by atoms with Gasteiger partial charge in [0.2, 0.25) is 0 Å². The van der Waals surface area contributed by atoms with E-state index in [0.717, 1.165) is 52.4 Å². The smallest absolute Gasteiger partial charge is 0.255 e. The van der Waals surface area contributed by atoms with Crippen molar-refractivity contribution >= 4 is 28.2 Å². The van der Waals surface area contributed by atoms with Gasteiger partial charge in [0.15, 0.2) is 0 Å². The molecule has 0 unspecified atom stereocenters. The number of hydrogen-bond donors (Lipinski definition) is 1. The number of nitrogens with one attached hydrogen (secondary N) is 1. The fraction of sp³-hybridized carbons (Fsp3) is 0.222. The van der Waals surface area contributed by atoms with Gasteiger partial charge in [-0.3, -0.25) is 4.79 Å². The van der Waals surface area contributed by atoms with Gasteiger partial charge in [-0.15, -0.1) is 0 Å². The van der Waals surface area contributed by atoms with Gasteiger partial charge in [-0.2, -0.15) is 0 Å². The Bertz CT molecular complexity index is 1260. The molecule has 4 aromatic rings. The molecule has 1 N–H and O–H groups in total. The van der Waals surface area contributed by atoms with Crippen LogP contribution in [0.3, 0.4) is 0 Å². The Morgan fingerprint density at radius 3 is 2.50 bits per heavy atom. The maximum Gasteiger partial charge on any atom is 0.255 e. The third-order valence-electron chi connectivity index (χ3n) is 5.82. The van der Waals surface area contributed by atoms with E-state index in [2.05, 4.69) is 21.3 Å². The molecule has 3 aromatic carbocycles. The van der Waals surface area contributed by atoms with Crippen LogP contribution in [0.15, 0.2) is 66.7 Å². The summed E-state index contributed by atoms with van der Waals surface area (Å²) in [6.45, 7) is 4.05. The summed E-state index contributed by atoms with van der Waals surface area (Å²) >= 11 is 0. The minimum Gasteiger partial charge on any atom is -0.356 e. The maximum absolute atomic E-state index is 12.7. The van der Waals surface area contributed by atoms with Crippen molar-refractivity contribution in [1.29, 1.82) is 0 Å². The Morgan fingerprint density at radius 2 is 1.72 bits per heavy atom. The van der Waals surface area contributed by atoms with Crippen molar-refractivity contribution in [2.75, 3.05) is 23.3 Å². The van der Waals surface area contributed by atoms with Crippen molar-refractivity contribution in [3.05, 3.63) is 95.4 Å². The Kier molecular flexibility index (Phi) is 5.55. The van der Waals surface area contributed by atoms with Crippen LogP contribution in [-0.4, -0.2) is 29.0 Å². The first-order chi connectivity index (χ1) is 15.6. The first-order valence-corrected chi connectivity index (χ1v) is 11.0. The maximum atomic E-state index is 12.7. The van der Waals surface area contributed by atoms with Crippen molar-refractivity contribution in [1.82, 2.24) is 9.97 Å². The summed E-state index contributed by atoms with van der Waals surface area (Å²) in [5.41, 5.74) is 3.39. The molecule has 0 spiro atoms. The number of benzene rings is 3. The summed E-state index contributed by atoms with van der Waals surface area (Å²) in [4.78, 5) is 24.3. The van der Waals surface area contributed by atoms with E-state index >= 15 is 0 Å². The summed E-state index contributed by atoms with van der Waals surface area (Å²) in [6, 6.07) is 25.0. The zero-order chi connectivity index (χ0) is 21.9. The number of aryl methyl sites for hydroxylation is 1. The molecular weight excluding hydrogens is 396 g/mol. The molecule has 5 heteroatoms. The lowest BCUT2D eigenvalue weighted by Gasteiger charge is -2.17. The van der Waals surface area contributed by atoms with Crippen LogP contribution >= 0.6 is 0 Å². The van der Waals surface area contributed by atoms with Gasteiger partial charge in [-0.1, -0.05) is 42.5 Å². The molecule has 0 atom stereocenters. The van der Waals surface area contributed by atoms with Crippen LogP contribution in [0.5, 0.6) is 0 Å². The van der Waals surface area contributed by atoms with Crippen LogP contribution in [0.2, 0.25) is 0 Å². The molecule has 32 heavy (non-hydrogen) atoms. The number of hydrogen-bond acceptors (Lipinski definition) is 4. The first-order valence-electron chi connectivity index (χ1n) is 11.0. The number of carbonyl (C=O) groups excluding carboxylic acids is 1. The lowest BCUT2D eigenvalue weighted by atomic mass is 10.1. The number of aromatic nitrogens is 2. The molecule has 1 aliphatic heterocycles. The predicted octanol–water partition coefficient (Wildman–Crippen LogP) is 5.18. The van der Waals surface area contributed by atoms with E-state index in [4.69, 9.17) is 4.98 Å². The third-order valence-corrected chi connectivity index (χ3v) is 5.82. The molecule has 1 fully saturated rings. The number of rotatable bonds is 5. The molecule has 1 saturated heterocycles. The molecule has 1 radical (unpaired) electrons. The second-order valence-electron chi connectivity index (χ2n) is 8.26. The molecule has 0 bridgehead atoms. The minimum absolute atomic E-state index is 0.115. The monoisotopic (exact) mass is 421 g/mol. The Balaban J connectivity index is 1.27. The lowest BCUT2D eigenvalue weighted by Crippen LogP contribution is -2.20. The number of anilines is 2. The highest BCUT2D eigenvalue weighted by atomic mass is 16.1. The van der Waals surface area contributed by atoms with Gasteiger partial charge >= 0.3 is 0 Å².